The minimum absolute atomic E-state index is 0.769. The minimum atomic E-state index is 0.769. The summed E-state index contributed by atoms with van der Waals surface area (Å²) in [6.45, 7) is 1.24. The van der Waals surface area contributed by atoms with Gasteiger partial charge in [-0.2, -0.15) is 0 Å². The Morgan fingerprint density at radius 3 is 2.78 bits per heavy atom. The van der Waals surface area contributed by atoms with Gasteiger partial charge >= 0.3 is 66.4 Å². The normalized spacial score (nSPS) is 31.1. The van der Waals surface area contributed by atoms with E-state index in [1.54, 1.807) is 0 Å². The van der Waals surface area contributed by atoms with E-state index in [2.05, 4.69) is 23.0 Å². The zero-order chi connectivity index (χ0) is 6.53. The van der Waals surface area contributed by atoms with Gasteiger partial charge in [-0.05, 0) is 0 Å². The third-order valence-corrected chi connectivity index (χ3v) is 2.06. The van der Waals surface area contributed by atoms with Gasteiger partial charge in [-0.3, -0.25) is 0 Å². The molecule has 0 amide bonds. The molecule has 0 aromatic carbocycles. The van der Waals surface area contributed by atoms with Crippen molar-refractivity contribution in [1.82, 2.24) is 5.32 Å². The molecule has 0 bridgehead atoms. The van der Waals surface area contributed by atoms with Crippen molar-refractivity contribution in [2.24, 2.45) is 0 Å². The van der Waals surface area contributed by atoms with Gasteiger partial charge in [-0.1, -0.05) is 0 Å². The molecule has 2 heteroatoms. The third kappa shape index (κ3) is 3.30. The fraction of sp³-hybridized carbons (Fsp3) is 1.00. The number of hydrogen-bond donors (Lipinski definition) is 1. The molecule has 0 radical (unpaired) electrons. The maximum absolute atomic E-state index is 3.48. The SMILES string of the molecule is [Li][CH]1CCCCCCN1. The van der Waals surface area contributed by atoms with Gasteiger partial charge in [0.2, 0.25) is 0 Å². The Bertz CT molecular complexity index is 67.3. The molecule has 0 aliphatic carbocycles. The van der Waals surface area contributed by atoms with Crippen LogP contribution < -0.4 is 5.32 Å². The van der Waals surface area contributed by atoms with Gasteiger partial charge in [0.15, 0.2) is 0 Å². The van der Waals surface area contributed by atoms with E-state index in [9.17, 15) is 0 Å². The standard InChI is InChI=1S/C7H14N.Li/c1-2-4-6-8-7-5-3-1;/h6,8H,1-5,7H2;. The van der Waals surface area contributed by atoms with Crippen LogP contribution in [0.5, 0.6) is 0 Å². The van der Waals surface area contributed by atoms with Gasteiger partial charge in [-0.15, -0.1) is 0 Å². The summed E-state index contributed by atoms with van der Waals surface area (Å²) in [7, 11) is 0. The molecule has 1 atom stereocenters. The van der Waals surface area contributed by atoms with Crippen molar-refractivity contribution in [3.63, 3.8) is 0 Å². The van der Waals surface area contributed by atoms with Crippen LogP contribution in [0.1, 0.15) is 32.1 Å². The van der Waals surface area contributed by atoms with E-state index in [-0.39, 0.29) is 0 Å². The van der Waals surface area contributed by atoms with E-state index in [1.807, 2.05) is 0 Å². The van der Waals surface area contributed by atoms with E-state index in [4.69, 9.17) is 0 Å². The second kappa shape index (κ2) is 4.39. The van der Waals surface area contributed by atoms with Crippen molar-refractivity contribution in [2.75, 3.05) is 6.54 Å². The molecule has 48 valence electrons. The zero-order valence-electron chi connectivity index (χ0n) is 6.32. The van der Waals surface area contributed by atoms with Gasteiger partial charge in [0, 0.05) is 0 Å². The first-order chi connectivity index (χ1) is 4.39. The van der Waals surface area contributed by atoms with Crippen LogP contribution in [0, 0.1) is 0 Å². The second-order valence-corrected chi connectivity index (χ2v) is 3.06. The molecule has 1 unspecified atom stereocenters. The Morgan fingerprint density at radius 2 is 1.89 bits per heavy atom. The molecule has 0 aromatic heterocycles. The summed E-state index contributed by atoms with van der Waals surface area (Å²) >= 11 is 2.28. The molecular formula is C7H14LiN. The van der Waals surface area contributed by atoms with Crippen LogP contribution in [0.3, 0.4) is 0 Å². The summed E-state index contributed by atoms with van der Waals surface area (Å²) in [5, 5.41) is 3.48. The Balaban J connectivity index is 2.12. The van der Waals surface area contributed by atoms with Crippen molar-refractivity contribution in [3.05, 3.63) is 0 Å². The van der Waals surface area contributed by atoms with Crippen molar-refractivity contribution in [2.45, 2.75) is 36.8 Å². The van der Waals surface area contributed by atoms with Gasteiger partial charge in [-0.25, -0.2) is 0 Å². The first-order valence-electron chi connectivity index (χ1n) is 4.13. The van der Waals surface area contributed by atoms with Gasteiger partial charge in [0.25, 0.3) is 0 Å². The predicted molar refractivity (Wildman–Crippen MR) is 40.6 cm³/mol. The predicted octanol–water partition coefficient (Wildman–Crippen LogP) is 1.03. The van der Waals surface area contributed by atoms with Crippen LogP contribution in [-0.4, -0.2) is 29.0 Å². The van der Waals surface area contributed by atoms with E-state index in [0.717, 1.165) is 4.71 Å². The van der Waals surface area contributed by atoms with Crippen molar-refractivity contribution in [1.29, 1.82) is 0 Å². The molecule has 0 saturated carbocycles. The number of nitrogens with one attached hydrogen (secondary N) is 1. The molecule has 1 aliphatic rings. The van der Waals surface area contributed by atoms with E-state index >= 15 is 0 Å². The summed E-state index contributed by atoms with van der Waals surface area (Å²) < 4.78 is 0.769. The molecule has 1 rings (SSSR count). The summed E-state index contributed by atoms with van der Waals surface area (Å²) in [4.78, 5) is 0. The fourth-order valence-electron chi connectivity index (χ4n) is 1.38. The molecule has 1 nitrogen and oxygen atoms in total. The van der Waals surface area contributed by atoms with Gasteiger partial charge in [0.1, 0.15) is 0 Å². The quantitative estimate of drug-likeness (QED) is 0.470. The molecule has 9 heavy (non-hydrogen) atoms. The average Bonchev–Trinajstić information content (AvgIpc) is 1.79. The molecule has 0 aromatic rings. The Labute approximate surface area is 66.8 Å². The average molecular weight is 119 g/mol. The van der Waals surface area contributed by atoms with Crippen LogP contribution >= 0.6 is 0 Å². The van der Waals surface area contributed by atoms with Crippen molar-refractivity contribution >= 4 is 17.7 Å². The Morgan fingerprint density at radius 1 is 1.11 bits per heavy atom. The summed E-state index contributed by atoms with van der Waals surface area (Å²) in [5.41, 5.74) is 0. The van der Waals surface area contributed by atoms with E-state index < -0.39 is 0 Å². The topological polar surface area (TPSA) is 12.0 Å². The molecular weight excluding hydrogens is 105 g/mol. The third-order valence-electron chi connectivity index (χ3n) is 2.06. The monoisotopic (exact) mass is 119 g/mol. The summed E-state index contributed by atoms with van der Waals surface area (Å²) in [5.74, 6) is 0. The molecule has 1 saturated heterocycles. The number of rotatable bonds is 0. The van der Waals surface area contributed by atoms with Crippen LogP contribution in [0.15, 0.2) is 0 Å². The molecule has 1 fully saturated rings. The molecule has 0 spiro atoms. The Kier molecular flexibility index (Phi) is 3.73. The van der Waals surface area contributed by atoms with Gasteiger partial charge < -0.3 is 0 Å². The van der Waals surface area contributed by atoms with E-state index in [0.29, 0.717) is 0 Å². The van der Waals surface area contributed by atoms with E-state index in [1.165, 1.54) is 38.6 Å². The maximum atomic E-state index is 3.48. The zero-order valence-corrected chi connectivity index (χ0v) is 6.32. The Hall–Kier alpha value is 0.557. The van der Waals surface area contributed by atoms with Gasteiger partial charge in [0.05, 0.1) is 0 Å². The molecule has 1 aliphatic heterocycles. The van der Waals surface area contributed by atoms with Crippen molar-refractivity contribution < 1.29 is 0 Å². The molecule has 1 N–H and O–H groups in total. The van der Waals surface area contributed by atoms with Crippen LogP contribution in [-0.2, 0) is 0 Å². The summed E-state index contributed by atoms with van der Waals surface area (Å²) in [6.07, 6.45) is 7.06. The van der Waals surface area contributed by atoms with Crippen LogP contribution in [0.2, 0.25) is 0 Å². The van der Waals surface area contributed by atoms with Crippen LogP contribution in [0.4, 0.5) is 0 Å². The summed E-state index contributed by atoms with van der Waals surface area (Å²) in [6, 6.07) is 0. The second-order valence-electron chi connectivity index (χ2n) is 3.06. The first-order valence-corrected chi connectivity index (χ1v) is 4.13. The fourth-order valence-corrected chi connectivity index (χ4v) is 1.38. The number of hydrogen-bond acceptors (Lipinski definition) is 1. The van der Waals surface area contributed by atoms with Crippen LogP contribution in [0.25, 0.3) is 0 Å². The van der Waals surface area contributed by atoms with Crippen molar-refractivity contribution in [3.8, 4) is 0 Å². The first kappa shape index (κ1) is 7.66. The molecule has 1 heterocycles.